The van der Waals surface area contributed by atoms with Gasteiger partial charge in [-0.25, -0.2) is 0 Å². The predicted octanol–water partition coefficient (Wildman–Crippen LogP) is 3.14. The van der Waals surface area contributed by atoms with E-state index in [0.717, 1.165) is 29.3 Å². The van der Waals surface area contributed by atoms with Crippen molar-refractivity contribution in [1.82, 2.24) is 5.32 Å². The summed E-state index contributed by atoms with van der Waals surface area (Å²) in [6.45, 7) is 3.98. The first kappa shape index (κ1) is 14.5. The highest BCUT2D eigenvalue weighted by atomic mass is 79.9. The maximum Gasteiger partial charge on any atom is 0.227 e. The van der Waals surface area contributed by atoms with Crippen molar-refractivity contribution in [3.8, 4) is 0 Å². The van der Waals surface area contributed by atoms with Crippen LogP contribution >= 0.6 is 15.9 Å². The number of carbonyl (C=O) groups is 1. The Morgan fingerprint density at radius 2 is 2.21 bits per heavy atom. The maximum absolute atomic E-state index is 12.5. The van der Waals surface area contributed by atoms with Gasteiger partial charge in [0.2, 0.25) is 5.91 Å². The Bertz CT molecular complexity index is 477. The smallest absolute Gasteiger partial charge is 0.227 e. The molecule has 3 nitrogen and oxygen atoms in total. The second-order valence-corrected chi connectivity index (χ2v) is 6.49. The summed E-state index contributed by atoms with van der Waals surface area (Å²) in [6.07, 6.45) is 2.85. The molecule has 4 heteroatoms. The number of hydrogen-bond acceptors (Lipinski definition) is 2. The number of amides is 1. The van der Waals surface area contributed by atoms with Crippen molar-refractivity contribution < 1.29 is 4.79 Å². The molecule has 0 aromatic heterocycles. The minimum Gasteiger partial charge on any atom is -0.349 e. The second-order valence-electron chi connectivity index (χ2n) is 5.63. The van der Waals surface area contributed by atoms with E-state index in [2.05, 4.69) is 21.2 Å². The zero-order valence-electron chi connectivity index (χ0n) is 11.4. The van der Waals surface area contributed by atoms with Crippen LogP contribution < -0.4 is 11.1 Å². The van der Waals surface area contributed by atoms with Crippen molar-refractivity contribution in [3.05, 3.63) is 34.3 Å². The summed E-state index contributed by atoms with van der Waals surface area (Å²) < 4.78 is 1.02. The first-order valence-corrected chi connectivity index (χ1v) is 7.55. The highest BCUT2D eigenvalue weighted by Gasteiger charge is 2.43. The van der Waals surface area contributed by atoms with Crippen molar-refractivity contribution in [1.29, 1.82) is 0 Å². The monoisotopic (exact) mass is 324 g/mol. The Kier molecular flexibility index (Phi) is 4.31. The molecule has 19 heavy (non-hydrogen) atoms. The Hall–Kier alpha value is -0.870. The summed E-state index contributed by atoms with van der Waals surface area (Å²) >= 11 is 3.52. The van der Waals surface area contributed by atoms with Gasteiger partial charge in [0, 0.05) is 10.5 Å². The summed E-state index contributed by atoms with van der Waals surface area (Å²) in [5.74, 6) is 0.0701. The van der Waals surface area contributed by atoms with Crippen molar-refractivity contribution in [2.24, 2.45) is 11.1 Å². The minimum atomic E-state index is -0.421. The van der Waals surface area contributed by atoms with Gasteiger partial charge in [0.15, 0.2) is 0 Å². The standard InChI is InChI=1S/C15H21BrN2O/c1-10(11-6-3-4-7-12(11)16)18-14(19)15(2)9-5-8-13(15)17/h3-4,6-7,10,13H,5,8-9,17H2,1-2H3,(H,18,19)/t10-,13?,15?/m1/s1. The number of hydrogen-bond donors (Lipinski definition) is 2. The topological polar surface area (TPSA) is 55.1 Å². The SMILES string of the molecule is C[C@@H](NC(=O)C1(C)CCCC1N)c1ccccc1Br. The van der Waals surface area contributed by atoms with Crippen LogP contribution in [0.3, 0.4) is 0 Å². The zero-order valence-corrected chi connectivity index (χ0v) is 13.0. The van der Waals surface area contributed by atoms with Crippen molar-refractivity contribution in [2.75, 3.05) is 0 Å². The van der Waals surface area contributed by atoms with Crippen LogP contribution in [0.2, 0.25) is 0 Å². The van der Waals surface area contributed by atoms with Crippen molar-refractivity contribution in [2.45, 2.75) is 45.2 Å². The lowest BCUT2D eigenvalue weighted by atomic mass is 9.84. The average molecular weight is 325 g/mol. The number of benzene rings is 1. The summed E-state index contributed by atoms with van der Waals surface area (Å²) in [4.78, 5) is 12.5. The molecule has 1 aromatic rings. The van der Waals surface area contributed by atoms with Gasteiger partial charge in [0.25, 0.3) is 0 Å². The van der Waals surface area contributed by atoms with Gasteiger partial charge < -0.3 is 11.1 Å². The van der Waals surface area contributed by atoms with Gasteiger partial charge in [-0.1, -0.05) is 40.5 Å². The molecule has 3 atom stereocenters. The Balaban J connectivity index is 2.09. The normalized spacial score (nSPS) is 28.1. The Morgan fingerprint density at radius 1 is 1.53 bits per heavy atom. The number of rotatable bonds is 3. The second kappa shape index (κ2) is 5.63. The largest absolute Gasteiger partial charge is 0.349 e. The van der Waals surface area contributed by atoms with Crippen molar-refractivity contribution >= 4 is 21.8 Å². The molecule has 1 aromatic carbocycles. The van der Waals surface area contributed by atoms with Crippen LogP contribution in [0.1, 0.15) is 44.7 Å². The van der Waals surface area contributed by atoms with E-state index in [1.165, 1.54) is 0 Å². The van der Waals surface area contributed by atoms with Gasteiger partial charge >= 0.3 is 0 Å². The van der Waals surface area contributed by atoms with Gasteiger partial charge in [-0.05, 0) is 38.3 Å². The van der Waals surface area contributed by atoms with Gasteiger partial charge in [-0.15, -0.1) is 0 Å². The number of nitrogens with one attached hydrogen (secondary N) is 1. The maximum atomic E-state index is 12.5. The molecule has 1 aliphatic carbocycles. The third kappa shape index (κ3) is 2.84. The van der Waals surface area contributed by atoms with Gasteiger partial charge in [-0.3, -0.25) is 4.79 Å². The van der Waals surface area contributed by atoms with Crippen LogP contribution in [0.15, 0.2) is 28.7 Å². The van der Waals surface area contributed by atoms with Crippen LogP contribution in [0.4, 0.5) is 0 Å². The molecule has 0 bridgehead atoms. The molecule has 0 heterocycles. The molecule has 0 radical (unpaired) electrons. The first-order valence-electron chi connectivity index (χ1n) is 6.76. The summed E-state index contributed by atoms with van der Waals surface area (Å²) in [7, 11) is 0. The molecular weight excluding hydrogens is 304 g/mol. The van der Waals surface area contributed by atoms with E-state index >= 15 is 0 Å². The zero-order chi connectivity index (χ0) is 14.0. The molecule has 2 rings (SSSR count). The highest BCUT2D eigenvalue weighted by molar-refractivity contribution is 9.10. The molecule has 1 amide bonds. The van der Waals surface area contributed by atoms with Gasteiger partial charge in [-0.2, -0.15) is 0 Å². The fourth-order valence-corrected chi connectivity index (χ4v) is 3.37. The van der Waals surface area contributed by atoms with Crippen LogP contribution in [-0.2, 0) is 4.79 Å². The Morgan fingerprint density at radius 3 is 2.79 bits per heavy atom. The van der Waals surface area contributed by atoms with Crippen LogP contribution in [0, 0.1) is 5.41 Å². The molecular formula is C15H21BrN2O. The molecule has 0 saturated heterocycles. The van der Waals surface area contributed by atoms with Crippen LogP contribution in [0.5, 0.6) is 0 Å². The number of nitrogens with two attached hydrogens (primary N) is 1. The van der Waals surface area contributed by atoms with E-state index in [9.17, 15) is 4.79 Å². The van der Waals surface area contributed by atoms with Gasteiger partial charge in [0.05, 0.1) is 11.5 Å². The molecule has 104 valence electrons. The lowest BCUT2D eigenvalue weighted by molar-refractivity contribution is -0.131. The van der Waals surface area contributed by atoms with E-state index in [1.807, 2.05) is 38.1 Å². The number of halogens is 1. The fraction of sp³-hybridized carbons (Fsp3) is 0.533. The lowest BCUT2D eigenvalue weighted by Gasteiger charge is -2.29. The molecule has 1 fully saturated rings. The Labute approximate surface area is 123 Å². The van der Waals surface area contributed by atoms with E-state index in [4.69, 9.17) is 5.73 Å². The van der Waals surface area contributed by atoms with Crippen LogP contribution in [-0.4, -0.2) is 11.9 Å². The third-order valence-corrected chi connectivity index (χ3v) is 4.99. The van der Waals surface area contributed by atoms with Crippen LogP contribution in [0.25, 0.3) is 0 Å². The fourth-order valence-electron chi connectivity index (χ4n) is 2.74. The molecule has 2 unspecified atom stereocenters. The molecule has 1 aliphatic rings. The average Bonchev–Trinajstić information content (AvgIpc) is 2.71. The summed E-state index contributed by atoms with van der Waals surface area (Å²) in [5.41, 5.74) is 6.76. The highest BCUT2D eigenvalue weighted by Crippen LogP contribution is 2.37. The molecule has 0 spiro atoms. The lowest BCUT2D eigenvalue weighted by Crippen LogP contribution is -2.47. The quantitative estimate of drug-likeness (QED) is 0.897. The van der Waals surface area contributed by atoms with E-state index in [1.54, 1.807) is 0 Å². The predicted molar refractivity (Wildman–Crippen MR) is 80.6 cm³/mol. The summed E-state index contributed by atoms with van der Waals surface area (Å²) in [6, 6.07) is 7.90. The molecule has 3 N–H and O–H groups in total. The van der Waals surface area contributed by atoms with E-state index in [-0.39, 0.29) is 18.0 Å². The van der Waals surface area contributed by atoms with Crippen molar-refractivity contribution in [3.63, 3.8) is 0 Å². The molecule has 1 saturated carbocycles. The first-order chi connectivity index (χ1) is 8.95. The minimum absolute atomic E-state index is 0.0206. The van der Waals surface area contributed by atoms with Gasteiger partial charge in [0.1, 0.15) is 0 Å². The van der Waals surface area contributed by atoms with E-state index < -0.39 is 5.41 Å². The summed E-state index contributed by atoms with van der Waals surface area (Å²) in [5, 5.41) is 3.10. The number of carbonyl (C=O) groups excluding carboxylic acids is 1. The molecule has 0 aliphatic heterocycles. The van der Waals surface area contributed by atoms with E-state index in [0.29, 0.717) is 0 Å². The third-order valence-electron chi connectivity index (χ3n) is 4.27.